The van der Waals surface area contributed by atoms with E-state index in [4.69, 9.17) is 14.2 Å². The van der Waals surface area contributed by atoms with Gasteiger partial charge in [0.15, 0.2) is 6.61 Å². The SMILES string of the molecule is COc1ccc(C(=O)COC(=O)[C@@H](C)Nc2ccc(C(F)(F)F)cc2[N+](=O)[O-])c(OC)c1. The molecule has 0 saturated carbocycles. The van der Waals surface area contributed by atoms with Crippen LogP contribution in [0.1, 0.15) is 22.8 Å². The van der Waals surface area contributed by atoms with Crippen molar-refractivity contribution in [3.63, 3.8) is 0 Å². The molecule has 12 heteroatoms. The molecule has 2 aromatic rings. The van der Waals surface area contributed by atoms with Gasteiger partial charge in [-0.2, -0.15) is 13.2 Å². The number of anilines is 1. The van der Waals surface area contributed by atoms with Gasteiger partial charge in [0.05, 0.1) is 30.3 Å². The molecule has 0 fully saturated rings. The van der Waals surface area contributed by atoms with Crippen molar-refractivity contribution in [3.05, 3.63) is 57.6 Å². The lowest BCUT2D eigenvalue weighted by atomic mass is 10.1. The predicted molar refractivity (Wildman–Crippen MR) is 106 cm³/mol. The second kappa shape index (κ2) is 9.98. The number of esters is 1. The van der Waals surface area contributed by atoms with Gasteiger partial charge in [-0.1, -0.05) is 0 Å². The van der Waals surface area contributed by atoms with Crippen LogP contribution in [0.2, 0.25) is 0 Å². The van der Waals surface area contributed by atoms with Crippen LogP contribution in [0.15, 0.2) is 36.4 Å². The number of carbonyl (C=O) groups is 2. The Labute approximate surface area is 180 Å². The van der Waals surface area contributed by atoms with Crippen LogP contribution in [-0.4, -0.2) is 43.5 Å². The van der Waals surface area contributed by atoms with Crippen LogP contribution in [0, 0.1) is 10.1 Å². The first-order chi connectivity index (χ1) is 15.0. The monoisotopic (exact) mass is 456 g/mol. The summed E-state index contributed by atoms with van der Waals surface area (Å²) in [5.74, 6) is -0.867. The molecule has 1 N–H and O–H groups in total. The summed E-state index contributed by atoms with van der Waals surface area (Å²) >= 11 is 0. The largest absolute Gasteiger partial charge is 0.497 e. The van der Waals surface area contributed by atoms with E-state index in [0.29, 0.717) is 17.9 Å². The molecule has 32 heavy (non-hydrogen) atoms. The average molecular weight is 456 g/mol. The maximum absolute atomic E-state index is 12.8. The van der Waals surface area contributed by atoms with Crippen LogP contribution >= 0.6 is 0 Å². The van der Waals surface area contributed by atoms with Crippen LogP contribution in [0.5, 0.6) is 11.5 Å². The van der Waals surface area contributed by atoms with Crippen LogP contribution in [0.3, 0.4) is 0 Å². The highest BCUT2D eigenvalue weighted by molar-refractivity contribution is 6.00. The number of Topliss-reactive ketones (excluding diaryl/α,β-unsaturated/α-hetero) is 1. The number of ether oxygens (including phenoxy) is 3. The Hall–Kier alpha value is -3.83. The first-order valence-corrected chi connectivity index (χ1v) is 9.02. The molecule has 0 amide bonds. The van der Waals surface area contributed by atoms with Crippen molar-refractivity contribution in [1.82, 2.24) is 0 Å². The fourth-order valence-electron chi connectivity index (χ4n) is 2.64. The zero-order valence-corrected chi connectivity index (χ0v) is 17.2. The molecule has 0 bridgehead atoms. The highest BCUT2D eigenvalue weighted by Gasteiger charge is 2.33. The maximum Gasteiger partial charge on any atom is 0.416 e. The number of halogens is 3. The predicted octanol–water partition coefficient (Wildman–Crippen LogP) is 3.86. The van der Waals surface area contributed by atoms with Crippen LogP contribution in [0.4, 0.5) is 24.5 Å². The molecule has 9 nitrogen and oxygen atoms in total. The third kappa shape index (κ3) is 5.86. The number of ketones is 1. The fourth-order valence-corrected chi connectivity index (χ4v) is 2.64. The molecule has 0 saturated heterocycles. The normalized spacial score (nSPS) is 11.9. The number of benzene rings is 2. The third-order valence-electron chi connectivity index (χ3n) is 4.30. The van der Waals surface area contributed by atoms with E-state index in [1.165, 1.54) is 39.3 Å². The second-order valence-electron chi connectivity index (χ2n) is 6.45. The highest BCUT2D eigenvalue weighted by atomic mass is 19.4. The van der Waals surface area contributed by atoms with Gasteiger partial charge in [-0.3, -0.25) is 14.9 Å². The van der Waals surface area contributed by atoms with Gasteiger partial charge in [0, 0.05) is 12.1 Å². The standard InChI is InChI=1S/C20H19F3N2O7/c1-11(24-15-7-4-12(20(21,22)23)8-16(15)25(28)29)19(27)32-10-17(26)14-6-5-13(30-2)9-18(14)31-3/h4-9,11,24H,10H2,1-3H3/t11-/m1/s1. The molecule has 1 atom stereocenters. The molecule has 0 radical (unpaired) electrons. The quantitative estimate of drug-likeness (QED) is 0.262. The summed E-state index contributed by atoms with van der Waals surface area (Å²) in [6.45, 7) is 0.630. The van der Waals surface area contributed by atoms with Crippen molar-refractivity contribution >= 4 is 23.1 Å². The molecule has 0 spiro atoms. The maximum atomic E-state index is 12.8. The minimum atomic E-state index is -4.77. The molecule has 0 aliphatic rings. The summed E-state index contributed by atoms with van der Waals surface area (Å²) in [6, 6.07) is 5.08. The van der Waals surface area contributed by atoms with Gasteiger partial charge in [-0.05, 0) is 31.2 Å². The van der Waals surface area contributed by atoms with Gasteiger partial charge in [-0.15, -0.1) is 0 Å². The lowest BCUT2D eigenvalue weighted by molar-refractivity contribution is -0.384. The van der Waals surface area contributed by atoms with Crippen molar-refractivity contribution in [3.8, 4) is 11.5 Å². The zero-order chi connectivity index (χ0) is 24.1. The summed E-state index contributed by atoms with van der Waals surface area (Å²) in [7, 11) is 2.79. The Bertz CT molecular complexity index is 1020. The van der Waals surface area contributed by atoms with E-state index in [2.05, 4.69) is 5.32 Å². The van der Waals surface area contributed by atoms with Crippen molar-refractivity contribution < 1.29 is 41.9 Å². The summed E-state index contributed by atoms with van der Waals surface area (Å²) in [5.41, 5.74) is -2.24. The number of nitro groups is 1. The Morgan fingerprint density at radius 3 is 2.38 bits per heavy atom. The first kappa shape index (κ1) is 24.4. The van der Waals surface area contributed by atoms with Crippen molar-refractivity contribution in [2.75, 3.05) is 26.1 Å². The number of hydrogen-bond donors (Lipinski definition) is 1. The number of hydrogen-bond acceptors (Lipinski definition) is 8. The molecule has 0 aliphatic carbocycles. The smallest absolute Gasteiger partial charge is 0.416 e. The molecule has 0 aliphatic heterocycles. The molecule has 2 rings (SSSR count). The number of nitrogens with one attached hydrogen (secondary N) is 1. The number of methoxy groups -OCH3 is 2. The lowest BCUT2D eigenvalue weighted by Crippen LogP contribution is -2.30. The summed E-state index contributed by atoms with van der Waals surface area (Å²) < 4.78 is 53.5. The molecular weight excluding hydrogens is 437 g/mol. The Morgan fingerprint density at radius 2 is 1.81 bits per heavy atom. The molecule has 0 aromatic heterocycles. The summed E-state index contributed by atoms with van der Waals surface area (Å²) in [4.78, 5) is 34.7. The molecule has 2 aromatic carbocycles. The minimum Gasteiger partial charge on any atom is -0.497 e. The van der Waals surface area contributed by atoms with Crippen LogP contribution < -0.4 is 14.8 Å². The first-order valence-electron chi connectivity index (χ1n) is 9.02. The van der Waals surface area contributed by atoms with Crippen LogP contribution in [0.25, 0.3) is 0 Å². The highest BCUT2D eigenvalue weighted by Crippen LogP contribution is 2.35. The number of rotatable bonds is 9. The van der Waals surface area contributed by atoms with E-state index in [1.54, 1.807) is 0 Å². The Morgan fingerprint density at radius 1 is 1.12 bits per heavy atom. The van der Waals surface area contributed by atoms with Gasteiger partial charge in [0.2, 0.25) is 5.78 Å². The van der Waals surface area contributed by atoms with E-state index in [9.17, 15) is 32.9 Å². The van der Waals surface area contributed by atoms with Gasteiger partial charge in [0.1, 0.15) is 23.2 Å². The van der Waals surface area contributed by atoms with Gasteiger partial charge < -0.3 is 19.5 Å². The molecule has 0 heterocycles. The number of alkyl halides is 3. The minimum absolute atomic E-state index is 0.139. The van der Waals surface area contributed by atoms with Crippen molar-refractivity contribution in [2.24, 2.45) is 0 Å². The topological polar surface area (TPSA) is 117 Å². The summed E-state index contributed by atoms with van der Waals surface area (Å²) in [6.07, 6.45) is -4.77. The van der Waals surface area contributed by atoms with Crippen LogP contribution in [-0.2, 0) is 15.7 Å². The van der Waals surface area contributed by atoms with Gasteiger partial charge >= 0.3 is 12.1 Å². The van der Waals surface area contributed by atoms with E-state index in [0.717, 1.165) is 6.07 Å². The van der Waals surface area contributed by atoms with E-state index in [1.807, 2.05) is 0 Å². The fraction of sp³-hybridized carbons (Fsp3) is 0.300. The zero-order valence-electron chi connectivity index (χ0n) is 17.2. The van der Waals surface area contributed by atoms with E-state index >= 15 is 0 Å². The Kier molecular flexibility index (Phi) is 7.63. The van der Waals surface area contributed by atoms with E-state index < -0.39 is 46.8 Å². The Balaban J connectivity index is 2.08. The molecule has 0 unspecified atom stereocenters. The van der Waals surface area contributed by atoms with Gasteiger partial charge in [0.25, 0.3) is 5.69 Å². The molecular formula is C20H19F3N2O7. The van der Waals surface area contributed by atoms with Crippen molar-refractivity contribution in [2.45, 2.75) is 19.1 Å². The lowest BCUT2D eigenvalue weighted by Gasteiger charge is -2.16. The number of nitrogens with zero attached hydrogens (tertiary/aromatic N) is 1. The summed E-state index contributed by atoms with van der Waals surface area (Å²) in [5, 5.41) is 13.6. The molecule has 172 valence electrons. The second-order valence-corrected chi connectivity index (χ2v) is 6.45. The number of nitro benzene ring substituents is 1. The van der Waals surface area contributed by atoms with E-state index in [-0.39, 0.29) is 17.0 Å². The number of carbonyl (C=O) groups excluding carboxylic acids is 2. The third-order valence-corrected chi connectivity index (χ3v) is 4.30. The average Bonchev–Trinajstić information content (AvgIpc) is 2.75. The van der Waals surface area contributed by atoms with Crippen molar-refractivity contribution in [1.29, 1.82) is 0 Å². The van der Waals surface area contributed by atoms with Gasteiger partial charge in [-0.25, -0.2) is 4.79 Å².